The number of aliphatic hydroxyl groups is 1. The zero-order valence-electron chi connectivity index (χ0n) is 6.06. The molecule has 0 atom stereocenters. The minimum Gasteiger partial charge on any atom is -0.391 e. The monoisotopic (exact) mass is 232 g/mol. The van der Waals surface area contributed by atoms with Gasteiger partial charge in [-0.25, -0.2) is 0 Å². The van der Waals surface area contributed by atoms with Gasteiger partial charge in [0.25, 0.3) is 0 Å². The van der Waals surface area contributed by atoms with E-state index in [0.717, 1.165) is 9.35 Å². The van der Waals surface area contributed by atoms with Gasteiger partial charge >= 0.3 is 0 Å². The molecule has 1 aliphatic rings. The molecule has 1 aliphatic carbocycles. The smallest absolute Gasteiger partial charge is 0.0786 e. The molecule has 0 spiro atoms. The minimum atomic E-state index is 0.179. The summed E-state index contributed by atoms with van der Waals surface area (Å²) in [6, 6.07) is 0. The van der Waals surface area contributed by atoms with E-state index in [1.807, 2.05) is 0 Å². The molecule has 0 fully saturated rings. The molecular weight excluding hydrogens is 224 g/mol. The third-order valence-corrected chi connectivity index (χ3v) is 4.56. The number of aliphatic hydroxyl groups excluding tert-OH is 1. The Morgan fingerprint density at radius 2 is 2.27 bits per heavy atom. The highest BCUT2D eigenvalue weighted by molar-refractivity contribution is 9.10. The molecule has 1 heterocycles. The molecule has 0 aliphatic heterocycles. The van der Waals surface area contributed by atoms with Crippen molar-refractivity contribution >= 4 is 27.3 Å². The van der Waals surface area contributed by atoms with Crippen molar-refractivity contribution in [1.82, 2.24) is 0 Å². The van der Waals surface area contributed by atoms with Crippen LogP contribution < -0.4 is 0 Å². The zero-order valence-corrected chi connectivity index (χ0v) is 8.46. The van der Waals surface area contributed by atoms with Crippen molar-refractivity contribution in [3.63, 3.8) is 0 Å². The SMILES string of the molecule is OCc1sc2c(c1Br)CCC2. The molecule has 0 aromatic carbocycles. The number of hydrogen-bond acceptors (Lipinski definition) is 2. The molecule has 1 aromatic rings. The average molecular weight is 233 g/mol. The van der Waals surface area contributed by atoms with Crippen LogP contribution in [0.2, 0.25) is 0 Å². The fourth-order valence-corrected chi connectivity index (χ4v) is 3.61. The quantitative estimate of drug-likeness (QED) is 0.790. The van der Waals surface area contributed by atoms with Crippen molar-refractivity contribution in [3.8, 4) is 0 Å². The minimum absolute atomic E-state index is 0.179. The normalized spacial score (nSPS) is 15.5. The molecule has 0 unspecified atom stereocenters. The van der Waals surface area contributed by atoms with Crippen molar-refractivity contribution < 1.29 is 5.11 Å². The highest BCUT2D eigenvalue weighted by Gasteiger charge is 2.19. The molecule has 0 amide bonds. The Bertz CT molecular complexity index is 279. The highest BCUT2D eigenvalue weighted by atomic mass is 79.9. The number of fused-ring (bicyclic) bond motifs is 1. The predicted molar refractivity (Wildman–Crippen MR) is 50.0 cm³/mol. The second kappa shape index (κ2) is 2.88. The van der Waals surface area contributed by atoms with Crippen molar-refractivity contribution in [2.45, 2.75) is 25.9 Å². The van der Waals surface area contributed by atoms with Gasteiger partial charge in [0.1, 0.15) is 0 Å². The van der Waals surface area contributed by atoms with Gasteiger partial charge in [0.2, 0.25) is 0 Å². The number of hydrogen-bond donors (Lipinski definition) is 1. The molecular formula is C8H9BrOS. The van der Waals surface area contributed by atoms with Crippen LogP contribution >= 0.6 is 27.3 Å². The molecule has 3 heteroatoms. The Morgan fingerprint density at radius 1 is 1.45 bits per heavy atom. The van der Waals surface area contributed by atoms with Crippen LogP contribution in [0.15, 0.2) is 4.47 Å². The first-order chi connectivity index (χ1) is 5.33. The summed E-state index contributed by atoms with van der Waals surface area (Å²) in [5.41, 5.74) is 1.44. The first-order valence-corrected chi connectivity index (χ1v) is 5.33. The Hall–Kier alpha value is 0.140. The lowest BCUT2D eigenvalue weighted by Crippen LogP contribution is -1.80. The summed E-state index contributed by atoms with van der Waals surface area (Å²) in [6.07, 6.45) is 3.68. The van der Waals surface area contributed by atoms with E-state index in [1.54, 1.807) is 11.3 Å². The van der Waals surface area contributed by atoms with Gasteiger partial charge in [0.05, 0.1) is 6.61 Å². The van der Waals surface area contributed by atoms with Gasteiger partial charge in [-0.15, -0.1) is 11.3 Å². The fraction of sp³-hybridized carbons (Fsp3) is 0.500. The van der Waals surface area contributed by atoms with Gasteiger partial charge in [0.15, 0.2) is 0 Å². The van der Waals surface area contributed by atoms with E-state index in [2.05, 4.69) is 15.9 Å². The van der Waals surface area contributed by atoms with Crippen molar-refractivity contribution in [1.29, 1.82) is 0 Å². The van der Waals surface area contributed by atoms with Crippen LogP contribution in [0.4, 0.5) is 0 Å². The summed E-state index contributed by atoms with van der Waals surface area (Å²) >= 11 is 5.26. The molecule has 0 saturated carbocycles. The summed E-state index contributed by atoms with van der Waals surface area (Å²) in [5.74, 6) is 0. The first kappa shape index (κ1) is 7.77. The Labute approximate surface area is 78.2 Å². The topological polar surface area (TPSA) is 20.2 Å². The molecule has 0 radical (unpaired) electrons. The molecule has 2 rings (SSSR count). The van der Waals surface area contributed by atoms with Crippen LogP contribution in [0.25, 0.3) is 0 Å². The maximum absolute atomic E-state index is 8.96. The molecule has 11 heavy (non-hydrogen) atoms. The molecule has 1 N–H and O–H groups in total. The van der Waals surface area contributed by atoms with Gasteiger partial charge in [-0.05, 0) is 40.8 Å². The van der Waals surface area contributed by atoms with E-state index in [-0.39, 0.29) is 6.61 Å². The van der Waals surface area contributed by atoms with E-state index in [1.165, 1.54) is 29.7 Å². The summed E-state index contributed by atoms with van der Waals surface area (Å²) in [7, 11) is 0. The predicted octanol–water partition coefficient (Wildman–Crippen LogP) is 2.49. The van der Waals surface area contributed by atoms with Crippen molar-refractivity contribution in [2.75, 3.05) is 0 Å². The van der Waals surface area contributed by atoms with Crippen LogP contribution in [0, 0.1) is 0 Å². The maximum Gasteiger partial charge on any atom is 0.0786 e. The van der Waals surface area contributed by atoms with Crippen LogP contribution in [0.5, 0.6) is 0 Å². The van der Waals surface area contributed by atoms with Crippen molar-refractivity contribution in [3.05, 3.63) is 19.8 Å². The lowest BCUT2D eigenvalue weighted by Gasteiger charge is -1.92. The standard InChI is InChI=1S/C8H9BrOS/c9-8-5-2-1-3-6(5)11-7(8)4-10/h10H,1-4H2. The van der Waals surface area contributed by atoms with E-state index in [4.69, 9.17) is 5.11 Å². The fourth-order valence-electron chi connectivity index (χ4n) is 1.52. The third kappa shape index (κ3) is 1.15. The summed E-state index contributed by atoms with van der Waals surface area (Å²) < 4.78 is 1.16. The molecule has 60 valence electrons. The van der Waals surface area contributed by atoms with E-state index in [9.17, 15) is 0 Å². The summed E-state index contributed by atoms with van der Waals surface area (Å²) in [5, 5.41) is 8.96. The third-order valence-electron chi connectivity index (χ3n) is 2.07. The second-order valence-electron chi connectivity index (χ2n) is 2.75. The molecule has 1 nitrogen and oxygen atoms in total. The maximum atomic E-state index is 8.96. The molecule has 0 saturated heterocycles. The number of aryl methyl sites for hydroxylation is 1. The van der Waals surface area contributed by atoms with Crippen LogP contribution in [-0.2, 0) is 19.4 Å². The van der Waals surface area contributed by atoms with Gasteiger partial charge in [0, 0.05) is 14.2 Å². The second-order valence-corrected chi connectivity index (χ2v) is 4.74. The summed E-state index contributed by atoms with van der Waals surface area (Å²) in [6.45, 7) is 0.179. The average Bonchev–Trinajstić information content (AvgIpc) is 2.53. The summed E-state index contributed by atoms with van der Waals surface area (Å²) in [4.78, 5) is 2.57. The Kier molecular flexibility index (Phi) is 2.04. The molecule has 1 aromatic heterocycles. The Balaban J connectivity index is 2.49. The van der Waals surface area contributed by atoms with E-state index < -0.39 is 0 Å². The first-order valence-electron chi connectivity index (χ1n) is 3.72. The van der Waals surface area contributed by atoms with E-state index >= 15 is 0 Å². The Morgan fingerprint density at radius 3 is 2.91 bits per heavy atom. The van der Waals surface area contributed by atoms with Crippen molar-refractivity contribution in [2.24, 2.45) is 0 Å². The van der Waals surface area contributed by atoms with Gasteiger partial charge in [-0.1, -0.05) is 0 Å². The highest BCUT2D eigenvalue weighted by Crippen LogP contribution is 2.38. The lowest BCUT2D eigenvalue weighted by atomic mass is 10.2. The van der Waals surface area contributed by atoms with E-state index in [0.29, 0.717) is 0 Å². The van der Waals surface area contributed by atoms with Gasteiger partial charge < -0.3 is 5.11 Å². The van der Waals surface area contributed by atoms with Crippen LogP contribution in [-0.4, -0.2) is 5.11 Å². The number of thiophene rings is 1. The van der Waals surface area contributed by atoms with Crippen LogP contribution in [0.3, 0.4) is 0 Å². The largest absolute Gasteiger partial charge is 0.391 e. The molecule has 0 bridgehead atoms. The zero-order chi connectivity index (χ0) is 7.84. The van der Waals surface area contributed by atoms with Gasteiger partial charge in [-0.3, -0.25) is 0 Å². The number of rotatable bonds is 1. The number of halogens is 1. The lowest BCUT2D eigenvalue weighted by molar-refractivity contribution is 0.285. The van der Waals surface area contributed by atoms with Crippen LogP contribution in [0.1, 0.15) is 21.7 Å². The van der Waals surface area contributed by atoms with Gasteiger partial charge in [-0.2, -0.15) is 0 Å².